The number of thiazole rings is 1. The van der Waals surface area contributed by atoms with E-state index in [2.05, 4.69) is 20.7 Å². The monoisotopic (exact) mass is 491 g/mol. The highest BCUT2D eigenvalue weighted by atomic mass is 127. The molecular formula is C18H27FIN5S. The van der Waals surface area contributed by atoms with Crippen LogP contribution in [0.15, 0.2) is 28.6 Å². The van der Waals surface area contributed by atoms with E-state index >= 15 is 0 Å². The summed E-state index contributed by atoms with van der Waals surface area (Å²) < 4.78 is 14.1. The summed E-state index contributed by atoms with van der Waals surface area (Å²) in [6, 6.07) is 5.25. The van der Waals surface area contributed by atoms with Crippen LogP contribution in [0.2, 0.25) is 0 Å². The molecule has 0 amide bonds. The highest BCUT2D eigenvalue weighted by Crippen LogP contribution is 2.18. The second-order valence-corrected chi connectivity index (χ2v) is 7.13. The zero-order chi connectivity index (χ0) is 18.4. The minimum Gasteiger partial charge on any atom is -0.375 e. The topological polar surface area (TPSA) is 43.8 Å². The third-order valence-corrected chi connectivity index (χ3v) is 4.49. The van der Waals surface area contributed by atoms with Crippen molar-refractivity contribution in [3.05, 3.63) is 45.7 Å². The average molecular weight is 491 g/mol. The van der Waals surface area contributed by atoms with Crippen molar-refractivity contribution >= 4 is 47.0 Å². The summed E-state index contributed by atoms with van der Waals surface area (Å²) >= 11 is 1.64. The van der Waals surface area contributed by atoms with Crippen LogP contribution in [0.4, 0.5) is 10.1 Å². The van der Waals surface area contributed by atoms with E-state index in [4.69, 9.17) is 0 Å². The van der Waals surface area contributed by atoms with E-state index in [1.54, 1.807) is 28.4 Å². The molecule has 0 atom stereocenters. The average Bonchev–Trinajstić information content (AvgIpc) is 2.96. The number of aryl methyl sites for hydroxylation is 1. The lowest BCUT2D eigenvalue weighted by molar-refractivity contribution is 0.470. The maximum absolute atomic E-state index is 14.1. The van der Waals surface area contributed by atoms with Gasteiger partial charge in [-0.25, -0.2) is 14.4 Å². The third-order valence-electron chi connectivity index (χ3n) is 3.67. The fraction of sp³-hybridized carbons (Fsp3) is 0.444. The van der Waals surface area contributed by atoms with Crippen LogP contribution in [-0.2, 0) is 13.1 Å². The number of nitrogens with zero attached hydrogens (tertiary/aromatic N) is 4. The molecule has 1 N–H and O–H groups in total. The van der Waals surface area contributed by atoms with Crippen LogP contribution in [-0.4, -0.2) is 43.5 Å². The molecule has 2 aromatic rings. The Labute approximate surface area is 176 Å². The SMILES string of the molecule is CCNC(=NCc1ccc(N(C)C)c(F)c1)N(C)Cc1csc(C)n1.I. The predicted octanol–water partition coefficient (Wildman–Crippen LogP) is 3.87. The van der Waals surface area contributed by atoms with Crippen LogP contribution in [0.1, 0.15) is 23.2 Å². The number of guanidine groups is 1. The molecule has 1 aromatic carbocycles. The first-order valence-corrected chi connectivity index (χ1v) is 9.15. The molecule has 0 aliphatic rings. The summed E-state index contributed by atoms with van der Waals surface area (Å²) in [5.41, 5.74) is 2.45. The third kappa shape index (κ3) is 6.39. The number of nitrogens with one attached hydrogen (secondary N) is 1. The van der Waals surface area contributed by atoms with Crippen molar-refractivity contribution in [1.29, 1.82) is 0 Å². The highest BCUT2D eigenvalue weighted by molar-refractivity contribution is 14.0. The smallest absolute Gasteiger partial charge is 0.194 e. The van der Waals surface area contributed by atoms with Gasteiger partial charge in [-0.05, 0) is 31.5 Å². The molecule has 0 unspecified atom stereocenters. The summed E-state index contributed by atoms with van der Waals surface area (Å²) in [6.07, 6.45) is 0. The molecule has 0 aliphatic heterocycles. The van der Waals surface area contributed by atoms with Crippen molar-refractivity contribution in [2.75, 3.05) is 32.6 Å². The number of hydrogen-bond donors (Lipinski definition) is 1. The van der Waals surface area contributed by atoms with Crippen LogP contribution >= 0.6 is 35.3 Å². The van der Waals surface area contributed by atoms with Crippen LogP contribution in [0.25, 0.3) is 0 Å². The molecular weight excluding hydrogens is 464 g/mol. The van der Waals surface area contributed by atoms with E-state index in [0.717, 1.165) is 28.8 Å². The molecule has 0 aliphatic carbocycles. The maximum Gasteiger partial charge on any atom is 0.194 e. The molecule has 0 fully saturated rings. The van der Waals surface area contributed by atoms with Gasteiger partial charge >= 0.3 is 0 Å². The lowest BCUT2D eigenvalue weighted by Gasteiger charge is -2.21. The van der Waals surface area contributed by atoms with E-state index in [-0.39, 0.29) is 29.8 Å². The van der Waals surface area contributed by atoms with E-state index in [1.807, 2.05) is 46.0 Å². The normalized spacial score (nSPS) is 11.1. The van der Waals surface area contributed by atoms with Crippen molar-refractivity contribution in [2.45, 2.75) is 26.9 Å². The van der Waals surface area contributed by atoms with Gasteiger partial charge in [-0.3, -0.25) is 0 Å². The van der Waals surface area contributed by atoms with Gasteiger partial charge in [-0.1, -0.05) is 6.07 Å². The zero-order valence-corrected chi connectivity index (χ0v) is 19.1. The van der Waals surface area contributed by atoms with Gasteiger partial charge in [-0.15, -0.1) is 35.3 Å². The quantitative estimate of drug-likeness (QED) is 0.379. The summed E-state index contributed by atoms with van der Waals surface area (Å²) in [6.45, 7) is 5.91. The van der Waals surface area contributed by atoms with Gasteiger partial charge in [0.2, 0.25) is 0 Å². The van der Waals surface area contributed by atoms with Gasteiger partial charge in [0.05, 0.1) is 29.5 Å². The van der Waals surface area contributed by atoms with E-state index < -0.39 is 0 Å². The summed E-state index contributed by atoms with van der Waals surface area (Å²) in [5, 5.41) is 6.39. The first-order valence-electron chi connectivity index (χ1n) is 8.27. The number of anilines is 1. The molecule has 2 rings (SSSR count). The first kappa shape index (κ1) is 22.6. The summed E-state index contributed by atoms with van der Waals surface area (Å²) in [5.74, 6) is 0.555. The van der Waals surface area contributed by atoms with Crippen molar-refractivity contribution < 1.29 is 4.39 Å². The molecule has 0 saturated heterocycles. The second-order valence-electron chi connectivity index (χ2n) is 6.06. The first-order chi connectivity index (χ1) is 11.9. The Kier molecular flexibility index (Phi) is 9.28. The van der Waals surface area contributed by atoms with E-state index in [0.29, 0.717) is 18.8 Å². The molecule has 8 heteroatoms. The van der Waals surface area contributed by atoms with Crippen molar-refractivity contribution in [3.63, 3.8) is 0 Å². The molecule has 5 nitrogen and oxygen atoms in total. The van der Waals surface area contributed by atoms with Crippen molar-refractivity contribution in [2.24, 2.45) is 4.99 Å². The predicted molar refractivity (Wildman–Crippen MR) is 119 cm³/mol. The number of aliphatic imine (C=N–C) groups is 1. The van der Waals surface area contributed by atoms with E-state index in [1.165, 1.54) is 0 Å². The molecule has 0 radical (unpaired) electrons. The molecule has 144 valence electrons. The standard InChI is InChI=1S/C18H26FN5S.HI/c1-6-20-18(24(5)11-15-12-25-13(2)22-15)21-10-14-7-8-17(23(3)4)16(19)9-14;/h7-9,12H,6,10-11H2,1-5H3,(H,20,21);1H. The van der Waals surface area contributed by atoms with Crippen molar-refractivity contribution in [3.8, 4) is 0 Å². The van der Waals surface area contributed by atoms with Crippen molar-refractivity contribution in [1.82, 2.24) is 15.2 Å². The number of aromatic nitrogens is 1. The largest absolute Gasteiger partial charge is 0.375 e. The lowest BCUT2D eigenvalue weighted by Crippen LogP contribution is -2.38. The Hall–Kier alpha value is -1.42. The van der Waals surface area contributed by atoms with Crippen LogP contribution in [0.3, 0.4) is 0 Å². The Morgan fingerprint density at radius 1 is 1.31 bits per heavy atom. The van der Waals surface area contributed by atoms with Gasteiger partial charge in [0.15, 0.2) is 5.96 Å². The van der Waals surface area contributed by atoms with Gasteiger partial charge in [0.1, 0.15) is 5.82 Å². The molecule has 0 spiro atoms. The highest BCUT2D eigenvalue weighted by Gasteiger charge is 2.09. The summed E-state index contributed by atoms with van der Waals surface area (Å²) in [7, 11) is 5.63. The van der Waals surface area contributed by atoms with Crippen LogP contribution in [0, 0.1) is 12.7 Å². The minimum absolute atomic E-state index is 0. The molecule has 26 heavy (non-hydrogen) atoms. The fourth-order valence-corrected chi connectivity index (χ4v) is 3.05. The summed E-state index contributed by atoms with van der Waals surface area (Å²) in [4.78, 5) is 12.9. The number of halogens is 2. The molecule has 0 saturated carbocycles. The van der Waals surface area contributed by atoms with E-state index in [9.17, 15) is 4.39 Å². The van der Waals surface area contributed by atoms with Gasteiger partial charge < -0.3 is 15.1 Å². The van der Waals surface area contributed by atoms with Gasteiger partial charge in [-0.2, -0.15) is 0 Å². The Bertz CT molecular complexity index is 732. The molecule has 1 aromatic heterocycles. The number of rotatable bonds is 6. The molecule has 0 bridgehead atoms. The zero-order valence-electron chi connectivity index (χ0n) is 15.9. The Morgan fingerprint density at radius 2 is 2.04 bits per heavy atom. The van der Waals surface area contributed by atoms with Gasteiger partial charge in [0, 0.05) is 33.1 Å². The van der Waals surface area contributed by atoms with Crippen LogP contribution in [0.5, 0.6) is 0 Å². The maximum atomic E-state index is 14.1. The number of hydrogen-bond acceptors (Lipinski definition) is 4. The second kappa shape index (κ2) is 10.7. The Morgan fingerprint density at radius 3 is 2.58 bits per heavy atom. The fourth-order valence-electron chi connectivity index (χ4n) is 2.45. The molecule has 1 heterocycles. The van der Waals surface area contributed by atoms with Crippen LogP contribution < -0.4 is 10.2 Å². The lowest BCUT2D eigenvalue weighted by atomic mass is 10.2. The number of benzene rings is 1. The minimum atomic E-state index is -0.228. The van der Waals surface area contributed by atoms with Gasteiger partial charge in [0.25, 0.3) is 0 Å². The Balaban J connectivity index is 0.00000338.